The Morgan fingerprint density at radius 2 is 2.05 bits per heavy atom. The van der Waals surface area contributed by atoms with Crippen molar-refractivity contribution in [1.29, 1.82) is 0 Å². The Morgan fingerprint density at radius 1 is 1.29 bits per heavy atom. The number of morpholine rings is 1. The lowest BCUT2D eigenvalue weighted by atomic mass is 10.1. The minimum Gasteiger partial charge on any atom is -0.379 e. The zero-order valence-corrected chi connectivity index (χ0v) is 12.7. The molecule has 0 aromatic heterocycles. The SMILES string of the molecule is Cc1ccccc1CNCC(=O)NCCN1CCOCC1. The Morgan fingerprint density at radius 3 is 2.81 bits per heavy atom. The highest BCUT2D eigenvalue weighted by Crippen LogP contribution is 2.05. The molecule has 5 nitrogen and oxygen atoms in total. The molecule has 0 bridgehead atoms. The molecule has 5 heteroatoms. The number of nitrogens with one attached hydrogen (secondary N) is 2. The van der Waals surface area contributed by atoms with Gasteiger partial charge in [0.05, 0.1) is 19.8 Å². The monoisotopic (exact) mass is 291 g/mol. The van der Waals surface area contributed by atoms with Crippen LogP contribution >= 0.6 is 0 Å². The van der Waals surface area contributed by atoms with Crippen LogP contribution < -0.4 is 10.6 Å². The molecule has 2 N–H and O–H groups in total. The van der Waals surface area contributed by atoms with Gasteiger partial charge in [-0.05, 0) is 18.1 Å². The Hall–Kier alpha value is -1.43. The molecule has 1 aliphatic heterocycles. The zero-order valence-electron chi connectivity index (χ0n) is 12.7. The van der Waals surface area contributed by atoms with Crippen molar-refractivity contribution >= 4 is 5.91 Å². The van der Waals surface area contributed by atoms with E-state index in [0.29, 0.717) is 13.1 Å². The molecule has 0 atom stereocenters. The second-order valence-electron chi connectivity index (χ2n) is 5.33. The van der Waals surface area contributed by atoms with Crippen molar-refractivity contribution in [3.8, 4) is 0 Å². The molecule has 0 spiro atoms. The fourth-order valence-electron chi connectivity index (χ4n) is 2.36. The van der Waals surface area contributed by atoms with Crippen LogP contribution in [0.1, 0.15) is 11.1 Å². The maximum absolute atomic E-state index is 11.7. The molecule has 0 saturated carbocycles. The summed E-state index contributed by atoms with van der Waals surface area (Å²) < 4.78 is 5.29. The number of hydrogen-bond donors (Lipinski definition) is 2. The first-order chi connectivity index (χ1) is 10.3. The van der Waals surface area contributed by atoms with Crippen molar-refractivity contribution < 1.29 is 9.53 Å². The maximum Gasteiger partial charge on any atom is 0.234 e. The third kappa shape index (κ3) is 5.83. The van der Waals surface area contributed by atoms with Gasteiger partial charge in [0.25, 0.3) is 0 Å². The molecular weight excluding hydrogens is 266 g/mol. The molecule has 1 aromatic carbocycles. The van der Waals surface area contributed by atoms with Crippen molar-refractivity contribution in [1.82, 2.24) is 15.5 Å². The molecule has 1 fully saturated rings. The molecule has 116 valence electrons. The van der Waals surface area contributed by atoms with E-state index < -0.39 is 0 Å². The number of carbonyl (C=O) groups is 1. The summed E-state index contributed by atoms with van der Waals surface area (Å²) in [7, 11) is 0. The standard InChI is InChI=1S/C16H25N3O2/c1-14-4-2-3-5-15(14)12-17-13-16(20)18-6-7-19-8-10-21-11-9-19/h2-5,17H,6-13H2,1H3,(H,18,20). The van der Waals surface area contributed by atoms with Crippen molar-refractivity contribution in [3.05, 3.63) is 35.4 Å². The molecule has 2 rings (SSSR count). The van der Waals surface area contributed by atoms with E-state index in [-0.39, 0.29) is 5.91 Å². The van der Waals surface area contributed by atoms with E-state index in [9.17, 15) is 4.79 Å². The van der Waals surface area contributed by atoms with Gasteiger partial charge in [-0.2, -0.15) is 0 Å². The topological polar surface area (TPSA) is 53.6 Å². The third-order valence-electron chi connectivity index (χ3n) is 3.72. The molecule has 1 amide bonds. The van der Waals surface area contributed by atoms with Gasteiger partial charge in [-0.1, -0.05) is 24.3 Å². The van der Waals surface area contributed by atoms with E-state index in [1.807, 2.05) is 12.1 Å². The first kappa shape index (κ1) is 15.9. The van der Waals surface area contributed by atoms with E-state index in [0.717, 1.165) is 39.4 Å². The van der Waals surface area contributed by atoms with Crippen LogP contribution in [0.4, 0.5) is 0 Å². The predicted octanol–water partition coefficient (Wildman–Crippen LogP) is 0.533. The van der Waals surface area contributed by atoms with E-state index >= 15 is 0 Å². The van der Waals surface area contributed by atoms with E-state index in [2.05, 4.69) is 34.6 Å². The number of hydrogen-bond acceptors (Lipinski definition) is 4. The summed E-state index contributed by atoms with van der Waals surface area (Å²) >= 11 is 0. The average molecular weight is 291 g/mol. The minimum atomic E-state index is 0.0526. The lowest BCUT2D eigenvalue weighted by Gasteiger charge is -2.26. The lowest BCUT2D eigenvalue weighted by Crippen LogP contribution is -2.42. The summed E-state index contributed by atoms with van der Waals surface area (Å²) in [6.07, 6.45) is 0. The maximum atomic E-state index is 11.7. The van der Waals surface area contributed by atoms with Crippen molar-refractivity contribution in [2.24, 2.45) is 0 Å². The molecule has 0 radical (unpaired) electrons. The fourth-order valence-corrected chi connectivity index (χ4v) is 2.36. The fraction of sp³-hybridized carbons (Fsp3) is 0.562. The van der Waals surface area contributed by atoms with E-state index in [1.165, 1.54) is 11.1 Å². The van der Waals surface area contributed by atoms with Gasteiger partial charge in [-0.3, -0.25) is 9.69 Å². The molecule has 21 heavy (non-hydrogen) atoms. The van der Waals surface area contributed by atoms with Crippen LogP contribution in [0.15, 0.2) is 24.3 Å². The average Bonchev–Trinajstić information content (AvgIpc) is 2.50. The summed E-state index contributed by atoms with van der Waals surface area (Å²) in [5.41, 5.74) is 2.48. The van der Waals surface area contributed by atoms with Gasteiger partial charge in [0.15, 0.2) is 0 Å². The Labute approximate surface area is 126 Å². The van der Waals surface area contributed by atoms with Crippen LogP contribution in [0, 0.1) is 6.92 Å². The van der Waals surface area contributed by atoms with Crippen molar-refractivity contribution in [2.45, 2.75) is 13.5 Å². The van der Waals surface area contributed by atoms with Gasteiger partial charge in [0.1, 0.15) is 0 Å². The smallest absolute Gasteiger partial charge is 0.234 e. The second-order valence-corrected chi connectivity index (χ2v) is 5.33. The van der Waals surface area contributed by atoms with Crippen LogP contribution in [0.5, 0.6) is 0 Å². The highest BCUT2D eigenvalue weighted by Gasteiger charge is 2.10. The van der Waals surface area contributed by atoms with Crippen LogP contribution in [-0.2, 0) is 16.1 Å². The summed E-state index contributed by atoms with van der Waals surface area (Å²) in [4.78, 5) is 14.1. The summed E-state index contributed by atoms with van der Waals surface area (Å²) in [5, 5.41) is 6.13. The number of rotatable bonds is 7. The van der Waals surface area contributed by atoms with Gasteiger partial charge in [0, 0.05) is 32.7 Å². The molecular formula is C16H25N3O2. The van der Waals surface area contributed by atoms with E-state index in [1.54, 1.807) is 0 Å². The number of benzene rings is 1. The molecule has 0 aliphatic carbocycles. The molecule has 1 heterocycles. The number of amides is 1. The molecule has 0 unspecified atom stereocenters. The Balaban J connectivity index is 1.56. The summed E-state index contributed by atoms with van der Waals surface area (Å²) in [5.74, 6) is 0.0526. The second kappa shape index (κ2) is 8.77. The summed E-state index contributed by atoms with van der Waals surface area (Å²) in [6, 6.07) is 8.21. The first-order valence-corrected chi connectivity index (χ1v) is 7.58. The van der Waals surface area contributed by atoms with Crippen LogP contribution in [0.2, 0.25) is 0 Å². The predicted molar refractivity (Wildman–Crippen MR) is 83.2 cm³/mol. The molecule has 1 aromatic rings. The van der Waals surface area contributed by atoms with Crippen molar-refractivity contribution in [3.63, 3.8) is 0 Å². The lowest BCUT2D eigenvalue weighted by molar-refractivity contribution is -0.120. The largest absolute Gasteiger partial charge is 0.379 e. The quantitative estimate of drug-likeness (QED) is 0.769. The Kier molecular flexibility index (Phi) is 6.66. The van der Waals surface area contributed by atoms with Crippen LogP contribution in [0.25, 0.3) is 0 Å². The highest BCUT2D eigenvalue weighted by atomic mass is 16.5. The third-order valence-corrected chi connectivity index (χ3v) is 3.72. The van der Waals surface area contributed by atoms with Gasteiger partial charge in [0.2, 0.25) is 5.91 Å². The molecule has 1 saturated heterocycles. The van der Waals surface area contributed by atoms with Gasteiger partial charge < -0.3 is 15.4 Å². The van der Waals surface area contributed by atoms with Crippen LogP contribution in [0.3, 0.4) is 0 Å². The minimum absolute atomic E-state index is 0.0526. The number of nitrogens with zero attached hydrogens (tertiary/aromatic N) is 1. The normalized spacial score (nSPS) is 15.9. The summed E-state index contributed by atoms with van der Waals surface area (Å²) in [6.45, 7) is 8.28. The number of carbonyl (C=O) groups excluding carboxylic acids is 1. The Bertz CT molecular complexity index is 445. The highest BCUT2D eigenvalue weighted by molar-refractivity contribution is 5.77. The van der Waals surface area contributed by atoms with Crippen LogP contribution in [-0.4, -0.2) is 56.7 Å². The number of ether oxygens (including phenoxy) is 1. The van der Waals surface area contributed by atoms with Crippen molar-refractivity contribution in [2.75, 3.05) is 45.9 Å². The van der Waals surface area contributed by atoms with Gasteiger partial charge >= 0.3 is 0 Å². The van der Waals surface area contributed by atoms with E-state index in [4.69, 9.17) is 4.74 Å². The number of aryl methyl sites for hydroxylation is 1. The van der Waals surface area contributed by atoms with Gasteiger partial charge in [-0.15, -0.1) is 0 Å². The zero-order chi connectivity index (χ0) is 14.9. The van der Waals surface area contributed by atoms with Gasteiger partial charge in [-0.25, -0.2) is 0 Å². The first-order valence-electron chi connectivity index (χ1n) is 7.58. The molecule has 1 aliphatic rings.